The largest absolute Gasteiger partial charge is 0.206 e. The molecule has 0 atom stereocenters. The number of fused-ring (bicyclic) bond motifs is 3. The van der Waals surface area contributed by atoms with E-state index in [0.29, 0.717) is 44.5 Å². The third-order valence-corrected chi connectivity index (χ3v) is 6.66. The first-order chi connectivity index (χ1) is 19.4. The summed E-state index contributed by atoms with van der Waals surface area (Å²) in [6.07, 6.45) is 0. The summed E-state index contributed by atoms with van der Waals surface area (Å²) in [5.74, 6) is -1.52. The van der Waals surface area contributed by atoms with E-state index in [0.717, 1.165) is 12.1 Å². The van der Waals surface area contributed by atoms with Crippen LogP contribution in [0.25, 0.3) is 39.0 Å². The van der Waals surface area contributed by atoms with Gasteiger partial charge < -0.3 is 0 Å². The van der Waals surface area contributed by atoms with E-state index in [4.69, 9.17) is 10.5 Å². The summed E-state index contributed by atoms with van der Waals surface area (Å²) in [5, 5.41) is 57.5. The Kier molecular flexibility index (Phi) is 6.09. The Morgan fingerprint density at radius 3 is 1.18 bits per heavy atom. The molecule has 8 heteroatoms. The van der Waals surface area contributed by atoms with E-state index in [1.807, 2.05) is 12.1 Å². The Hall–Kier alpha value is -6.58. The van der Waals surface area contributed by atoms with Crippen molar-refractivity contribution < 1.29 is 8.78 Å². The first-order valence-electron chi connectivity index (χ1n) is 11.5. The minimum atomic E-state index is -0.759. The zero-order chi connectivity index (χ0) is 28.6. The van der Waals surface area contributed by atoms with E-state index in [2.05, 4.69) is 12.1 Å². The first kappa shape index (κ1) is 25.1. The van der Waals surface area contributed by atoms with Crippen LogP contribution in [0.4, 0.5) is 8.78 Å². The fourth-order valence-electron chi connectivity index (χ4n) is 4.82. The van der Waals surface area contributed by atoms with Crippen LogP contribution in [0.1, 0.15) is 33.4 Å². The van der Waals surface area contributed by atoms with Crippen LogP contribution in [0.15, 0.2) is 66.2 Å². The molecule has 1 aliphatic rings. The van der Waals surface area contributed by atoms with Crippen molar-refractivity contribution in [3.8, 4) is 69.8 Å². The van der Waals surface area contributed by atoms with Gasteiger partial charge in [0.2, 0.25) is 0 Å². The average molecular weight is 516 g/mol. The molecular weight excluding hydrogens is 506 g/mol. The molecule has 4 aromatic carbocycles. The number of allylic oxidation sites excluding steroid dienone is 1. The zero-order valence-corrected chi connectivity index (χ0v) is 20.2. The normalized spacial score (nSPS) is 10.6. The summed E-state index contributed by atoms with van der Waals surface area (Å²) in [6.45, 7) is 0. The van der Waals surface area contributed by atoms with Gasteiger partial charge in [0.25, 0.3) is 0 Å². The minimum absolute atomic E-state index is 0.137. The smallest absolute Gasteiger partial charge is 0.141 e. The van der Waals surface area contributed by atoms with Crippen molar-refractivity contribution >= 4 is 5.57 Å². The highest BCUT2D eigenvalue weighted by Crippen LogP contribution is 2.50. The zero-order valence-electron chi connectivity index (χ0n) is 20.2. The maximum atomic E-state index is 14.5. The average Bonchev–Trinajstić information content (AvgIpc) is 3.28. The van der Waals surface area contributed by atoms with Crippen LogP contribution in [0.5, 0.6) is 0 Å². The Labute approximate surface area is 227 Å². The lowest BCUT2D eigenvalue weighted by Gasteiger charge is -2.11. The van der Waals surface area contributed by atoms with Gasteiger partial charge in [-0.3, -0.25) is 0 Å². The van der Waals surface area contributed by atoms with Gasteiger partial charge in [-0.1, -0.05) is 12.1 Å². The second kappa shape index (κ2) is 9.71. The van der Waals surface area contributed by atoms with E-state index in [-0.39, 0.29) is 33.4 Å². The van der Waals surface area contributed by atoms with Crippen LogP contribution in [0.2, 0.25) is 0 Å². The van der Waals surface area contributed by atoms with E-state index >= 15 is 0 Å². The number of nitrogens with zero attached hydrogens (tertiary/aromatic N) is 6. The lowest BCUT2D eigenvalue weighted by Crippen LogP contribution is -1.93. The highest BCUT2D eigenvalue weighted by Gasteiger charge is 2.30. The number of hydrogen-bond donors (Lipinski definition) is 0. The lowest BCUT2D eigenvalue weighted by atomic mass is 9.91. The molecule has 0 bridgehead atoms. The maximum absolute atomic E-state index is 14.5. The highest BCUT2D eigenvalue weighted by atomic mass is 19.1. The fourth-order valence-corrected chi connectivity index (χ4v) is 4.82. The summed E-state index contributed by atoms with van der Waals surface area (Å²) in [5.41, 5.74) is 3.13. The molecule has 4 aromatic rings. The number of halogens is 2. The summed E-state index contributed by atoms with van der Waals surface area (Å²) >= 11 is 0. The van der Waals surface area contributed by atoms with Gasteiger partial charge in [-0.2, -0.15) is 31.6 Å². The number of benzene rings is 4. The summed E-state index contributed by atoms with van der Waals surface area (Å²) in [4.78, 5) is 0. The molecule has 6 nitrogen and oxygen atoms in total. The van der Waals surface area contributed by atoms with Crippen LogP contribution in [0.3, 0.4) is 0 Å². The van der Waals surface area contributed by atoms with E-state index in [9.17, 15) is 29.8 Å². The van der Waals surface area contributed by atoms with Crippen molar-refractivity contribution in [1.29, 1.82) is 31.6 Å². The maximum Gasteiger partial charge on any atom is 0.141 e. The molecule has 0 unspecified atom stereocenters. The van der Waals surface area contributed by atoms with Gasteiger partial charge in [0.1, 0.15) is 41.5 Å². The molecule has 0 aromatic heterocycles. The number of nitriles is 6. The van der Waals surface area contributed by atoms with Crippen molar-refractivity contribution in [2.75, 3.05) is 0 Å². The van der Waals surface area contributed by atoms with E-state index < -0.39 is 11.6 Å². The van der Waals surface area contributed by atoms with Crippen LogP contribution in [-0.4, -0.2) is 0 Å². The Balaban J connectivity index is 1.86. The van der Waals surface area contributed by atoms with Crippen molar-refractivity contribution in [1.82, 2.24) is 0 Å². The molecule has 0 saturated heterocycles. The molecule has 0 aliphatic heterocycles. The molecule has 1 aliphatic carbocycles. The molecule has 0 saturated carbocycles. The third-order valence-electron chi connectivity index (χ3n) is 6.66. The van der Waals surface area contributed by atoms with E-state index in [1.54, 1.807) is 24.3 Å². The van der Waals surface area contributed by atoms with Crippen molar-refractivity contribution in [3.63, 3.8) is 0 Å². The van der Waals surface area contributed by atoms with Crippen LogP contribution in [-0.2, 0) is 0 Å². The van der Waals surface area contributed by atoms with E-state index in [1.165, 1.54) is 36.4 Å². The molecule has 182 valence electrons. The molecule has 0 amide bonds. The topological polar surface area (TPSA) is 143 Å². The quantitative estimate of drug-likeness (QED) is 0.241. The predicted molar refractivity (Wildman–Crippen MR) is 139 cm³/mol. The second-order valence-electron chi connectivity index (χ2n) is 8.70. The highest BCUT2D eigenvalue weighted by molar-refractivity contribution is 6.07. The predicted octanol–water partition coefficient (Wildman–Crippen LogP) is 6.61. The summed E-state index contributed by atoms with van der Waals surface area (Å²) in [7, 11) is 0. The Morgan fingerprint density at radius 1 is 0.450 bits per heavy atom. The molecule has 0 spiro atoms. The molecule has 0 fully saturated rings. The Bertz CT molecular complexity index is 1950. The van der Waals surface area contributed by atoms with Gasteiger partial charge in [-0.05, 0) is 81.9 Å². The van der Waals surface area contributed by atoms with Gasteiger partial charge in [0, 0.05) is 16.7 Å². The van der Waals surface area contributed by atoms with Crippen molar-refractivity contribution in [2.24, 2.45) is 0 Å². The molecule has 40 heavy (non-hydrogen) atoms. The fraction of sp³-hybridized carbons (Fsp3) is 0. The van der Waals surface area contributed by atoms with Gasteiger partial charge in [0.15, 0.2) is 0 Å². The van der Waals surface area contributed by atoms with Crippen molar-refractivity contribution in [3.05, 3.63) is 111 Å². The lowest BCUT2D eigenvalue weighted by molar-refractivity contribution is 0.624. The molecular formula is C32H10F2N6. The van der Waals surface area contributed by atoms with Gasteiger partial charge in [-0.15, -0.1) is 0 Å². The SMILES string of the molecule is N#CC(C#N)=C1c2cc(C#N)c(-c3ccc(C#N)c(F)c3)cc2-c2cc(-c3ccc(C#N)c(F)c3)c(C#N)cc21. The van der Waals surface area contributed by atoms with Crippen LogP contribution < -0.4 is 0 Å². The summed E-state index contributed by atoms with van der Waals surface area (Å²) in [6, 6.07) is 25.6. The third kappa shape index (κ3) is 3.80. The number of hydrogen-bond acceptors (Lipinski definition) is 6. The van der Waals surface area contributed by atoms with Gasteiger partial charge >= 0.3 is 0 Å². The van der Waals surface area contributed by atoms with Gasteiger partial charge in [0.05, 0.1) is 34.4 Å². The minimum Gasteiger partial charge on any atom is -0.206 e. The molecule has 0 radical (unpaired) electrons. The second-order valence-corrected chi connectivity index (χ2v) is 8.70. The van der Waals surface area contributed by atoms with Crippen LogP contribution in [0, 0.1) is 79.6 Å². The molecule has 0 heterocycles. The molecule has 5 rings (SSSR count). The number of rotatable bonds is 2. The monoisotopic (exact) mass is 516 g/mol. The first-order valence-corrected chi connectivity index (χ1v) is 11.5. The van der Waals surface area contributed by atoms with Crippen molar-refractivity contribution in [2.45, 2.75) is 0 Å². The standard InChI is InChI=1S/C32H10F2N6/c33-30-7-17(1-3-19(30)11-35)24-9-26-27-10-25(18-2-4-20(12-36)31(34)8-18)22(14-38)6-29(27)32(23(15-39)16-40)28(26)5-21(24)13-37/h1-10H. The summed E-state index contributed by atoms with van der Waals surface area (Å²) < 4.78 is 29.0. The van der Waals surface area contributed by atoms with Gasteiger partial charge in [-0.25, -0.2) is 8.78 Å². The Morgan fingerprint density at radius 2 is 0.850 bits per heavy atom. The van der Waals surface area contributed by atoms with Crippen LogP contribution >= 0.6 is 0 Å². The molecule has 0 N–H and O–H groups in total.